The first-order valence-electron chi connectivity index (χ1n) is 7.72. The minimum atomic E-state index is -4.89. The number of hydrogen-bond donors (Lipinski definition) is 0. The van der Waals surface area contributed by atoms with Crippen molar-refractivity contribution in [2.45, 2.75) is 36.5 Å². The number of halogens is 5. The lowest BCUT2D eigenvalue weighted by Crippen LogP contribution is -2.34. The molecule has 0 radical (unpaired) electrons. The molecule has 2 aromatic carbocycles. The fraction of sp³-hybridized carbons (Fsp3) is 0.294. The van der Waals surface area contributed by atoms with Crippen LogP contribution >= 0.6 is 11.6 Å². The van der Waals surface area contributed by atoms with E-state index in [4.69, 9.17) is 11.6 Å². The Morgan fingerprint density at radius 3 is 2.35 bits per heavy atom. The number of rotatable bonds is 5. The predicted octanol–water partition coefficient (Wildman–Crippen LogP) is 4.85. The van der Waals surface area contributed by atoms with Gasteiger partial charge >= 0.3 is 6.18 Å². The van der Waals surface area contributed by atoms with E-state index in [-0.39, 0.29) is 17.1 Å². The molecule has 0 bridgehead atoms. The van der Waals surface area contributed by atoms with Gasteiger partial charge in [-0.3, -0.25) is 0 Å². The van der Waals surface area contributed by atoms with Crippen LogP contribution in [0.25, 0.3) is 0 Å². The Morgan fingerprint density at radius 2 is 1.77 bits per heavy atom. The number of alkyl halides is 3. The zero-order valence-corrected chi connectivity index (χ0v) is 14.9. The van der Waals surface area contributed by atoms with Crippen LogP contribution in [-0.2, 0) is 22.7 Å². The molecule has 0 saturated heterocycles. The maximum absolute atomic E-state index is 13.9. The zero-order chi connectivity index (χ0) is 19.1. The van der Waals surface area contributed by atoms with Gasteiger partial charge in [-0.25, -0.2) is 12.8 Å². The lowest BCUT2D eigenvalue weighted by molar-refractivity contribution is -0.139. The van der Waals surface area contributed by atoms with Crippen molar-refractivity contribution in [1.29, 1.82) is 0 Å². The Kier molecular flexibility index (Phi) is 5.02. The van der Waals surface area contributed by atoms with E-state index in [1.165, 1.54) is 18.2 Å². The molecule has 140 valence electrons. The van der Waals surface area contributed by atoms with E-state index in [1.807, 2.05) is 0 Å². The summed E-state index contributed by atoms with van der Waals surface area (Å²) in [6, 6.07) is 7.66. The molecular weight excluding hydrogens is 394 g/mol. The van der Waals surface area contributed by atoms with Gasteiger partial charge < -0.3 is 0 Å². The van der Waals surface area contributed by atoms with Crippen molar-refractivity contribution in [3.8, 4) is 0 Å². The van der Waals surface area contributed by atoms with Crippen LogP contribution in [0.4, 0.5) is 17.6 Å². The Balaban J connectivity index is 2.07. The van der Waals surface area contributed by atoms with Gasteiger partial charge in [0.1, 0.15) is 5.82 Å². The third-order valence-electron chi connectivity index (χ3n) is 4.07. The van der Waals surface area contributed by atoms with Crippen LogP contribution in [0.1, 0.15) is 24.0 Å². The standard InChI is InChI=1S/C17H14ClF4NO2S/c18-12-5-8-16(14(9-12)17(20,21)22)26(24,25)23(13-6-7-13)10-11-3-1-2-4-15(11)19/h1-5,8-9,13H,6-7,10H2. The molecule has 1 saturated carbocycles. The van der Waals surface area contributed by atoms with Gasteiger partial charge in [0.25, 0.3) is 0 Å². The van der Waals surface area contributed by atoms with Crippen LogP contribution in [0, 0.1) is 5.82 Å². The second kappa shape index (κ2) is 6.83. The van der Waals surface area contributed by atoms with Crippen LogP contribution in [-0.4, -0.2) is 18.8 Å². The van der Waals surface area contributed by atoms with Crippen LogP contribution in [0.3, 0.4) is 0 Å². The fourth-order valence-corrected chi connectivity index (χ4v) is 4.67. The summed E-state index contributed by atoms with van der Waals surface area (Å²) < 4.78 is 80.8. The molecule has 0 unspecified atom stereocenters. The molecule has 2 aromatic rings. The SMILES string of the molecule is O=S(=O)(c1ccc(Cl)cc1C(F)(F)F)N(Cc1ccccc1F)C1CC1. The van der Waals surface area contributed by atoms with Crippen molar-refractivity contribution in [2.75, 3.05) is 0 Å². The minimum absolute atomic E-state index is 0.102. The topological polar surface area (TPSA) is 37.4 Å². The first-order chi connectivity index (χ1) is 12.1. The normalized spacial score (nSPS) is 15.5. The molecule has 0 atom stereocenters. The first kappa shape index (κ1) is 19.1. The van der Waals surface area contributed by atoms with E-state index in [9.17, 15) is 26.0 Å². The van der Waals surface area contributed by atoms with E-state index >= 15 is 0 Å². The van der Waals surface area contributed by atoms with Crippen LogP contribution in [0.15, 0.2) is 47.4 Å². The van der Waals surface area contributed by atoms with E-state index in [0.29, 0.717) is 18.9 Å². The van der Waals surface area contributed by atoms with Gasteiger partial charge in [-0.15, -0.1) is 0 Å². The van der Waals surface area contributed by atoms with E-state index in [2.05, 4.69) is 0 Å². The summed E-state index contributed by atoms with van der Waals surface area (Å²) >= 11 is 5.62. The summed E-state index contributed by atoms with van der Waals surface area (Å²) in [5.41, 5.74) is -1.23. The number of hydrogen-bond acceptors (Lipinski definition) is 2. The number of nitrogens with zero attached hydrogens (tertiary/aromatic N) is 1. The molecule has 1 aliphatic rings. The van der Waals surface area contributed by atoms with Crippen molar-refractivity contribution >= 4 is 21.6 Å². The summed E-state index contributed by atoms with van der Waals surface area (Å²) in [6.45, 7) is -0.334. The quantitative estimate of drug-likeness (QED) is 0.664. The molecular formula is C17H14ClF4NO2S. The van der Waals surface area contributed by atoms with Crippen molar-refractivity contribution in [3.63, 3.8) is 0 Å². The number of sulfonamides is 1. The highest BCUT2D eigenvalue weighted by Crippen LogP contribution is 2.40. The van der Waals surface area contributed by atoms with Crippen LogP contribution < -0.4 is 0 Å². The van der Waals surface area contributed by atoms with Gasteiger partial charge in [0.2, 0.25) is 10.0 Å². The lowest BCUT2D eigenvalue weighted by atomic mass is 10.2. The highest BCUT2D eigenvalue weighted by Gasteiger charge is 2.43. The van der Waals surface area contributed by atoms with Gasteiger partial charge in [0.15, 0.2) is 0 Å². The molecule has 1 aliphatic carbocycles. The van der Waals surface area contributed by atoms with E-state index in [1.54, 1.807) is 6.07 Å². The van der Waals surface area contributed by atoms with Crippen molar-refractivity contribution in [1.82, 2.24) is 4.31 Å². The predicted molar refractivity (Wildman–Crippen MR) is 88.6 cm³/mol. The highest BCUT2D eigenvalue weighted by atomic mass is 35.5. The van der Waals surface area contributed by atoms with Gasteiger partial charge in [0.05, 0.1) is 10.5 Å². The second-order valence-corrected chi connectivity index (χ2v) is 8.31. The van der Waals surface area contributed by atoms with Crippen LogP contribution in [0.5, 0.6) is 0 Å². The monoisotopic (exact) mass is 407 g/mol. The van der Waals surface area contributed by atoms with Gasteiger partial charge in [-0.1, -0.05) is 29.8 Å². The molecule has 0 amide bonds. The average molecular weight is 408 g/mol. The Bertz CT molecular complexity index is 927. The molecule has 9 heteroatoms. The molecule has 0 aliphatic heterocycles. The third kappa shape index (κ3) is 3.87. The largest absolute Gasteiger partial charge is 0.417 e. The maximum Gasteiger partial charge on any atom is 0.417 e. The fourth-order valence-electron chi connectivity index (χ4n) is 2.64. The van der Waals surface area contributed by atoms with Crippen molar-refractivity contribution < 1.29 is 26.0 Å². The lowest BCUT2D eigenvalue weighted by Gasteiger charge is -2.24. The molecule has 0 aromatic heterocycles. The van der Waals surface area contributed by atoms with E-state index in [0.717, 1.165) is 16.4 Å². The summed E-state index contributed by atoms with van der Waals surface area (Å²) in [5, 5.41) is -0.219. The minimum Gasteiger partial charge on any atom is -0.207 e. The second-order valence-electron chi connectivity index (χ2n) is 6.01. The summed E-state index contributed by atoms with van der Waals surface area (Å²) in [4.78, 5) is -0.877. The molecule has 3 nitrogen and oxygen atoms in total. The van der Waals surface area contributed by atoms with Gasteiger partial charge in [-0.2, -0.15) is 17.5 Å². The Hall–Kier alpha value is -1.64. The molecule has 0 heterocycles. The first-order valence-corrected chi connectivity index (χ1v) is 9.54. The summed E-state index contributed by atoms with van der Waals surface area (Å²) in [5.74, 6) is -0.611. The van der Waals surface area contributed by atoms with Gasteiger partial charge in [-0.05, 0) is 37.1 Å². The summed E-state index contributed by atoms with van der Waals surface area (Å²) in [7, 11) is -4.50. The Labute approximate surface area is 153 Å². The van der Waals surface area contributed by atoms with Crippen molar-refractivity contribution in [3.05, 3.63) is 64.4 Å². The number of benzene rings is 2. The molecule has 26 heavy (non-hydrogen) atoms. The van der Waals surface area contributed by atoms with Crippen LogP contribution in [0.2, 0.25) is 5.02 Å². The maximum atomic E-state index is 13.9. The molecule has 3 rings (SSSR count). The van der Waals surface area contributed by atoms with Crippen molar-refractivity contribution in [2.24, 2.45) is 0 Å². The Morgan fingerprint density at radius 1 is 1.12 bits per heavy atom. The van der Waals surface area contributed by atoms with E-state index < -0.39 is 38.5 Å². The third-order valence-corrected chi connectivity index (χ3v) is 6.26. The summed E-state index contributed by atoms with van der Waals surface area (Å²) in [6.07, 6.45) is -3.86. The zero-order valence-electron chi connectivity index (χ0n) is 13.3. The highest BCUT2D eigenvalue weighted by molar-refractivity contribution is 7.89. The van der Waals surface area contributed by atoms with Gasteiger partial charge in [0, 0.05) is 23.2 Å². The smallest absolute Gasteiger partial charge is 0.207 e. The molecule has 0 N–H and O–H groups in total. The average Bonchev–Trinajstić information content (AvgIpc) is 3.37. The molecule has 0 spiro atoms. The molecule has 1 fully saturated rings.